The predicted molar refractivity (Wildman–Crippen MR) is 83.5 cm³/mol. The van der Waals surface area contributed by atoms with Gasteiger partial charge >= 0.3 is 0 Å². The Morgan fingerprint density at radius 3 is 2.73 bits per heavy atom. The average molecular weight is 317 g/mol. The number of hydrogen-bond donors (Lipinski definition) is 1. The molecule has 0 fully saturated rings. The summed E-state index contributed by atoms with van der Waals surface area (Å²) in [6.45, 7) is 0.143. The maximum absolute atomic E-state index is 12.0. The van der Waals surface area contributed by atoms with E-state index in [0.717, 1.165) is 5.56 Å². The number of benzene rings is 2. The Morgan fingerprint density at radius 2 is 1.91 bits per heavy atom. The highest BCUT2D eigenvalue weighted by Gasteiger charge is 2.26. The third kappa shape index (κ3) is 3.20. The highest BCUT2D eigenvalue weighted by Crippen LogP contribution is 2.30. The lowest BCUT2D eigenvalue weighted by atomic mass is 10.2. The highest BCUT2D eigenvalue weighted by molar-refractivity contribution is 6.33. The Morgan fingerprint density at radius 1 is 1.18 bits per heavy atom. The largest absolute Gasteiger partial charge is 0.485 e. The summed E-state index contributed by atoms with van der Waals surface area (Å²) in [6.07, 6.45) is 0.746. The van der Waals surface area contributed by atoms with Crippen LogP contribution in [0.25, 0.3) is 0 Å². The molecule has 1 unspecified atom stereocenters. The van der Waals surface area contributed by atoms with Crippen LogP contribution in [0.5, 0.6) is 11.5 Å². The van der Waals surface area contributed by atoms with E-state index in [1.807, 2.05) is 24.3 Å². The van der Waals surface area contributed by atoms with Gasteiger partial charge in [-0.15, -0.1) is 0 Å². The van der Waals surface area contributed by atoms with E-state index in [1.54, 1.807) is 24.3 Å². The number of carbonyl (C=O) groups is 1. The summed E-state index contributed by atoms with van der Waals surface area (Å²) in [4.78, 5) is 12.0. The standard InChI is InChI=1S/C16H13ClN2O3/c17-12-6-2-1-5-11(12)9-18-19-16(20)15-10-21-13-7-3-4-8-14(13)22-15/h1-9,15H,10H2,(H,19,20). The van der Waals surface area contributed by atoms with Gasteiger partial charge in [0.1, 0.15) is 6.61 Å². The molecule has 2 aromatic rings. The predicted octanol–water partition coefficient (Wildman–Crippen LogP) is 2.63. The Bertz CT molecular complexity index is 718. The Hall–Kier alpha value is -2.53. The van der Waals surface area contributed by atoms with Crippen molar-refractivity contribution >= 4 is 23.7 Å². The number of halogens is 1. The monoisotopic (exact) mass is 316 g/mol. The van der Waals surface area contributed by atoms with E-state index in [9.17, 15) is 4.79 Å². The first-order valence-electron chi connectivity index (χ1n) is 6.70. The van der Waals surface area contributed by atoms with E-state index in [2.05, 4.69) is 10.5 Å². The van der Waals surface area contributed by atoms with Gasteiger partial charge in [-0.2, -0.15) is 5.10 Å². The lowest BCUT2D eigenvalue weighted by Crippen LogP contribution is -2.42. The van der Waals surface area contributed by atoms with Gasteiger partial charge in [0, 0.05) is 10.6 Å². The van der Waals surface area contributed by atoms with Crippen molar-refractivity contribution in [2.24, 2.45) is 5.10 Å². The number of carbonyl (C=O) groups excluding carboxylic acids is 1. The molecule has 5 nitrogen and oxygen atoms in total. The zero-order chi connectivity index (χ0) is 15.4. The number of hydrogen-bond acceptors (Lipinski definition) is 4. The lowest BCUT2D eigenvalue weighted by molar-refractivity contribution is -0.130. The van der Waals surface area contributed by atoms with Gasteiger partial charge in [0.05, 0.1) is 6.21 Å². The first-order chi connectivity index (χ1) is 10.7. The van der Waals surface area contributed by atoms with Gasteiger partial charge in [-0.25, -0.2) is 5.43 Å². The van der Waals surface area contributed by atoms with Crippen LogP contribution < -0.4 is 14.9 Å². The zero-order valence-corrected chi connectivity index (χ0v) is 12.3. The molecular formula is C16H13ClN2O3. The Labute approximate surface area is 132 Å². The smallest absolute Gasteiger partial charge is 0.284 e. The molecule has 0 saturated carbocycles. The number of fused-ring (bicyclic) bond motifs is 1. The number of nitrogens with zero attached hydrogens (tertiary/aromatic N) is 1. The molecule has 0 aromatic heterocycles. The molecule has 1 aliphatic rings. The van der Waals surface area contributed by atoms with Crippen LogP contribution in [-0.2, 0) is 4.79 Å². The second kappa shape index (κ2) is 6.49. The van der Waals surface area contributed by atoms with Crippen LogP contribution in [0.3, 0.4) is 0 Å². The van der Waals surface area contributed by atoms with E-state index < -0.39 is 6.10 Å². The quantitative estimate of drug-likeness (QED) is 0.699. The van der Waals surface area contributed by atoms with Crippen LogP contribution in [0.15, 0.2) is 53.6 Å². The van der Waals surface area contributed by atoms with Crippen molar-refractivity contribution in [1.29, 1.82) is 0 Å². The summed E-state index contributed by atoms with van der Waals surface area (Å²) in [5, 5.41) is 4.45. The van der Waals surface area contributed by atoms with Gasteiger partial charge in [-0.1, -0.05) is 41.9 Å². The van der Waals surface area contributed by atoms with Crippen molar-refractivity contribution < 1.29 is 14.3 Å². The van der Waals surface area contributed by atoms with Crippen LogP contribution in [0, 0.1) is 0 Å². The van der Waals surface area contributed by atoms with Crippen LogP contribution in [0.2, 0.25) is 5.02 Å². The molecule has 3 rings (SSSR count). The highest BCUT2D eigenvalue weighted by atomic mass is 35.5. The number of amides is 1. The summed E-state index contributed by atoms with van der Waals surface area (Å²) in [7, 11) is 0. The van der Waals surface area contributed by atoms with Gasteiger partial charge in [-0.05, 0) is 18.2 Å². The fourth-order valence-electron chi connectivity index (χ4n) is 1.97. The maximum atomic E-state index is 12.0. The Balaban J connectivity index is 1.60. The minimum Gasteiger partial charge on any atom is -0.485 e. The first-order valence-corrected chi connectivity index (χ1v) is 7.08. The normalized spacial score (nSPS) is 16.5. The zero-order valence-electron chi connectivity index (χ0n) is 11.5. The second-order valence-electron chi connectivity index (χ2n) is 4.62. The number of hydrazone groups is 1. The average Bonchev–Trinajstić information content (AvgIpc) is 2.56. The van der Waals surface area contributed by atoms with Gasteiger partial charge in [0.25, 0.3) is 5.91 Å². The topological polar surface area (TPSA) is 59.9 Å². The fraction of sp³-hybridized carbons (Fsp3) is 0.125. The van der Waals surface area contributed by atoms with Crippen molar-refractivity contribution in [3.8, 4) is 11.5 Å². The van der Waals surface area contributed by atoms with E-state index in [0.29, 0.717) is 16.5 Å². The molecule has 0 saturated heterocycles. The molecule has 1 amide bonds. The molecule has 1 heterocycles. The van der Waals surface area contributed by atoms with E-state index in [-0.39, 0.29) is 12.5 Å². The summed E-state index contributed by atoms with van der Waals surface area (Å²) >= 11 is 6.00. The van der Waals surface area contributed by atoms with Crippen molar-refractivity contribution in [2.45, 2.75) is 6.10 Å². The van der Waals surface area contributed by atoms with E-state index >= 15 is 0 Å². The van der Waals surface area contributed by atoms with Crippen molar-refractivity contribution in [1.82, 2.24) is 5.43 Å². The SMILES string of the molecule is O=C(NN=Cc1ccccc1Cl)C1COc2ccccc2O1. The maximum Gasteiger partial charge on any atom is 0.284 e. The van der Waals surface area contributed by atoms with E-state index in [4.69, 9.17) is 21.1 Å². The number of para-hydroxylation sites is 2. The molecule has 0 bridgehead atoms. The molecule has 112 valence electrons. The third-order valence-corrected chi connectivity index (χ3v) is 3.43. The lowest BCUT2D eigenvalue weighted by Gasteiger charge is -2.24. The van der Waals surface area contributed by atoms with E-state index in [1.165, 1.54) is 6.21 Å². The van der Waals surface area contributed by atoms with Crippen LogP contribution >= 0.6 is 11.6 Å². The summed E-state index contributed by atoms with van der Waals surface area (Å²) in [5.74, 6) is 0.799. The molecule has 1 N–H and O–H groups in total. The number of rotatable bonds is 3. The van der Waals surface area contributed by atoms with Crippen LogP contribution in [-0.4, -0.2) is 24.8 Å². The molecule has 1 aliphatic heterocycles. The second-order valence-corrected chi connectivity index (χ2v) is 5.03. The van der Waals surface area contributed by atoms with Gasteiger partial charge in [-0.3, -0.25) is 4.79 Å². The molecule has 6 heteroatoms. The third-order valence-electron chi connectivity index (χ3n) is 3.08. The minimum absolute atomic E-state index is 0.143. The molecule has 2 aromatic carbocycles. The summed E-state index contributed by atoms with van der Waals surface area (Å²) in [5.41, 5.74) is 3.14. The van der Waals surface area contributed by atoms with Crippen LogP contribution in [0.1, 0.15) is 5.56 Å². The molecule has 0 spiro atoms. The first kappa shape index (κ1) is 14.4. The molecule has 1 atom stereocenters. The molecule has 22 heavy (non-hydrogen) atoms. The van der Waals surface area contributed by atoms with Crippen LogP contribution in [0.4, 0.5) is 0 Å². The number of nitrogens with one attached hydrogen (secondary N) is 1. The van der Waals surface area contributed by atoms with Crippen molar-refractivity contribution in [2.75, 3.05) is 6.61 Å². The molecular weight excluding hydrogens is 304 g/mol. The fourth-order valence-corrected chi connectivity index (χ4v) is 2.15. The van der Waals surface area contributed by atoms with Crippen molar-refractivity contribution in [3.05, 3.63) is 59.1 Å². The Kier molecular flexibility index (Phi) is 4.25. The van der Waals surface area contributed by atoms with Crippen molar-refractivity contribution in [3.63, 3.8) is 0 Å². The number of ether oxygens (including phenoxy) is 2. The van der Waals surface area contributed by atoms with Gasteiger partial charge in [0.2, 0.25) is 6.10 Å². The minimum atomic E-state index is -0.738. The molecule has 0 aliphatic carbocycles. The summed E-state index contributed by atoms with van der Waals surface area (Å²) in [6, 6.07) is 14.4. The summed E-state index contributed by atoms with van der Waals surface area (Å²) < 4.78 is 11.1. The van der Waals surface area contributed by atoms with Gasteiger partial charge in [0.15, 0.2) is 11.5 Å². The molecule has 0 radical (unpaired) electrons. The van der Waals surface area contributed by atoms with Gasteiger partial charge < -0.3 is 9.47 Å².